The van der Waals surface area contributed by atoms with Crippen LogP contribution in [0.5, 0.6) is 0 Å². The molecular formula is C17H24BF3O2. The monoisotopic (exact) mass is 328 g/mol. The molecule has 1 atom stereocenters. The summed E-state index contributed by atoms with van der Waals surface area (Å²) in [5, 5.41) is 0. The standard InChI is InChI=1S/C17H24BF3O2/c1-12(18-22-15(2,3)16(4,5)23-18)9-10-13-7-6-8-14(11-13)17(19,20)21/h6-8,11-12H,9-10H2,1-5H3. The zero-order valence-corrected chi connectivity index (χ0v) is 14.3. The topological polar surface area (TPSA) is 18.5 Å². The molecule has 1 aromatic rings. The summed E-state index contributed by atoms with van der Waals surface area (Å²) in [6, 6.07) is 5.50. The number of alkyl halides is 3. The quantitative estimate of drug-likeness (QED) is 0.714. The van der Waals surface area contributed by atoms with Gasteiger partial charge in [-0.05, 0) is 58.0 Å². The van der Waals surface area contributed by atoms with Gasteiger partial charge in [0.1, 0.15) is 0 Å². The summed E-state index contributed by atoms with van der Waals surface area (Å²) in [7, 11) is -0.328. The summed E-state index contributed by atoms with van der Waals surface area (Å²) in [6.45, 7) is 9.98. The van der Waals surface area contributed by atoms with Gasteiger partial charge in [0.25, 0.3) is 0 Å². The lowest BCUT2D eigenvalue weighted by Gasteiger charge is -2.32. The van der Waals surface area contributed by atoms with Crippen LogP contribution in [0.15, 0.2) is 24.3 Å². The third kappa shape index (κ3) is 4.10. The van der Waals surface area contributed by atoms with Gasteiger partial charge in [0, 0.05) is 0 Å². The number of halogens is 3. The summed E-state index contributed by atoms with van der Waals surface area (Å²) in [5.74, 6) is 0.102. The van der Waals surface area contributed by atoms with E-state index in [9.17, 15) is 13.2 Å². The van der Waals surface area contributed by atoms with Gasteiger partial charge in [-0.2, -0.15) is 13.2 Å². The third-order valence-electron chi connectivity index (χ3n) is 4.88. The van der Waals surface area contributed by atoms with Crippen LogP contribution >= 0.6 is 0 Å². The van der Waals surface area contributed by atoms with Crippen molar-refractivity contribution in [3.05, 3.63) is 35.4 Å². The van der Waals surface area contributed by atoms with Crippen LogP contribution in [-0.4, -0.2) is 18.3 Å². The molecule has 0 spiro atoms. The maximum absolute atomic E-state index is 12.7. The molecule has 2 nitrogen and oxygen atoms in total. The number of hydrogen-bond acceptors (Lipinski definition) is 2. The molecule has 1 aliphatic rings. The Morgan fingerprint density at radius 1 is 1.09 bits per heavy atom. The smallest absolute Gasteiger partial charge is 0.403 e. The van der Waals surface area contributed by atoms with Gasteiger partial charge in [0.15, 0.2) is 0 Å². The zero-order chi connectivity index (χ0) is 17.5. The Hall–Kier alpha value is -1.01. The SMILES string of the molecule is CC(CCc1cccc(C(F)(F)F)c1)B1OC(C)(C)C(C)(C)O1. The second-order valence-corrected chi connectivity index (χ2v) is 7.34. The Morgan fingerprint density at radius 3 is 2.17 bits per heavy atom. The highest BCUT2D eigenvalue weighted by molar-refractivity contribution is 6.47. The summed E-state index contributed by atoms with van der Waals surface area (Å²) >= 11 is 0. The number of benzene rings is 1. The highest BCUT2D eigenvalue weighted by Crippen LogP contribution is 2.40. The van der Waals surface area contributed by atoms with E-state index in [1.807, 2.05) is 34.6 Å². The van der Waals surface area contributed by atoms with E-state index >= 15 is 0 Å². The molecule has 1 aromatic carbocycles. The molecule has 1 aliphatic heterocycles. The van der Waals surface area contributed by atoms with E-state index in [0.29, 0.717) is 18.4 Å². The molecule has 0 saturated carbocycles. The van der Waals surface area contributed by atoms with Crippen LogP contribution in [0.4, 0.5) is 13.2 Å². The molecule has 0 N–H and O–H groups in total. The molecule has 0 aromatic heterocycles. The van der Waals surface area contributed by atoms with Crippen molar-refractivity contribution in [1.82, 2.24) is 0 Å². The largest absolute Gasteiger partial charge is 0.460 e. The first-order valence-corrected chi connectivity index (χ1v) is 7.94. The van der Waals surface area contributed by atoms with Gasteiger partial charge in [-0.3, -0.25) is 0 Å². The van der Waals surface area contributed by atoms with Crippen LogP contribution < -0.4 is 0 Å². The normalized spacial score (nSPS) is 21.5. The molecule has 0 aliphatic carbocycles. The first kappa shape index (κ1) is 18.3. The molecule has 1 fully saturated rings. The van der Waals surface area contributed by atoms with Crippen molar-refractivity contribution in [1.29, 1.82) is 0 Å². The van der Waals surface area contributed by atoms with E-state index in [1.165, 1.54) is 12.1 Å². The maximum Gasteiger partial charge on any atom is 0.460 e. The van der Waals surface area contributed by atoms with Crippen molar-refractivity contribution in [3.8, 4) is 0 Å². The number of hydrogen-bond donors (Lipinski definition) is 0. The second kappa shape index (κ2) is 6.13. The molecular weight excluding hydrogens is 304 g/mol. The molecule has 0 amide bonds. The lowest BCUT2D eigenvalue weighted by molar-refractivity contribution is -0.137. The lowest BCUT2D eigenvalue weighted by Crippen LogP contribution is -2.41. The average Bonchev–Trinajstić information content (AvgIpc) is 2.64. The van der Waals surface area contributed by atoms with Gasteiger partial charge >= 0.3 is 13.3 Å². The van der Waals surface area contributed by atoms with Gasteiger partial charge in [-0.15, -0.1) is 0 Å². The molecule has 1 saturated heterocycles. The fourth-order valence-corrected chi connectivity index (χ4v) is 2.55. The maximum atomic E-state index is 12.7. The summed E-state index contributed by atoms with van der Waals surface area (Å²) in [4.78, 5) is 0. The third-order valence-corrected chi connectivity index (χ3v) is 4.88. The Kier molecular flexibility index (Phi) is 4.89. The summed E-state index contributed by atoms with van der Waals surface area (Å²) in [6.07, 6.45) is -3.03. The Morgan fingerprint density at radius 2 is 1.65 bits per heavy atom. The van der Waals surface area contributed by atoms with Crippen molar-refractivity contribution in [2.24, 2.45) is 0 Å². The molecule has 23 heavy (non-hydrogen) atoms. The van der Waals surface area contributed by atoms with E-state index in [4.69, 9.17) is 9.31 Å². The lowest BCUT2D eigenvalue weighted by atomic mass is 9.70. The number of rotatable bonds is 4. The van der Waals surface area contributed by atoms with Gasteiger partial charge in [0.05, 0.1) is 16.8 Å². The molecule has 0 radical (unpaired) electrons. The van der Waals surface area contributed by atoms with Gasteiger partial charge < -0.3 is 9.31 Å². The number of aryl methyl sites for hydroxylation is 1. The molecule has 0 bridgehead atoms. The van der Waals surface area contributed by atoms with E-state index in [2.05, 4.69) is 0 Å². The van der Waals surface area contributed by atoms with Crippen molar-refractivity contribution >= 4 is 7.12 Å². The summed E-state index contributed by atoms with van der Waals surface area (Å²) in [5.41, 5.74) is -0.689. The van der Waals surface area contributed by atoms with Gasteiger partial charge in [-0.1, -0.05) is 25.1 Å². The molecule has 2 rings (SSSR count). The van der Waals surface area contributed by atoms with Crippen LogP contribution in [0.2, 0.25) is 5.82 Å². The van der Waals surface area contributed by atoms with Gasteiger partial charge in [-0.25, -0.2) is 0 Å². The van der Waals surface area contributed by atoms with E-state index in [-0.39, 0.29) is 24.1 Å². The Balaban J connectivity index is 1.97. The van der Waals surface area contributed by atoms with E-state index in [1.54, 1.807) is 6.07 Å². The fraction of sp³-hybridized carbons (Fsp3) is 0.647. The van der Waals surface area contributed by atoms with Crippen molar-refractivity contribution in [2.75, 3.05) is 0 Å². The highest BCUT2D eigenvalue weighted by atomic mass is 19.4. The van der Waals surface area contributed by atoms with Crippen molar-refractivity contribution in [3.63, 3.8) is 0 Å². The molecule has 128 valence electrons. The highest BCUT2D eigenvalue weighted by Gasteiger charge is 2.52. The molecule has 1 heterocycles. The van der Waals surface area contributed by atoms with Crippen LogP contribution in [0.25, 0.3) is 0 Å². The minimum atomic E-state index is -4.30. The van der Waals surface area contributed by atoms with Crippen LogP contribution in [-0.2, 0) is 21.9 Å². The van der Waals surface area contributed by atoms with Crippen LogP contribution in [0, 0.1) is 0 Å². The van der Waals surface area contributed by atoms with Crippen LogP contribution in [0.1, 0.15) is 52.2 Å². The molecule has 1 unspecified atom stereocenters. The molecule has 6 heteroatoms. The summed E-state index contributed by atoms with van der Waals surface area (Å²) < 4.78 is 50.2. The second-order valence-electron chi connectivity index (χ2n) is 7.34. The Labute approximate surface area is 136 Å². The van der Waals surface area contributed by atoms with Crippen molar-refractivity contribution < 1.29 is 22.5 Å². The average molecular weight is 328 g/mol. The minimum Gasteiger partial charge on any atom is -0.403 e. The predicted octanol–water partition coefficient (Wildman–Crippen LogP) is 5.12. The van der Waals surface area contributed by atoms with E-state index in [0.717, 1.165) is 6.07 Å². The van der Waals surface area contributed by atoms with Crippen molar-refractivity contribution in [2.45, 2.75) is 70.7 Å². The fourth-order valence-electron chi connectivity index (χ4n) is 2.55. The van der Waals surface area contributed by atoms with Crippen LogP contribution in [0.3, 0.4) is 0 Å². The predicted molar refractivity (Wildman–Crippen MR) is 85.3 cm³/mol. The van der Waals surface area contributed by atoms with E-state index < -0.39 is 11.7 Å². The van der Waals surface area contributed by atoms with Gasteiger partial charge in [0.2, 0.25) is 0 Å². The first-order chi connectivity index (χ1) is 10.4. The first-order valence-electron chi connectivity index (χ1n) is 7.94. The minimum absolute atomic E-state index is 0.102. The Bertz CT molecular complexity index is 539. The zero-order valence-electron chi connectivity index (χ0n) is 14.3.